The zero-order valence-corrected chi connectivity index (χ0v) is 12.2. The highest BCUT2D eigenvalue weighted by Crippen LogP contribution is 2.31. The predicted octanol–water partition coefficient (Wildman–Crippen LogP) is 2.03. The van der Waals surface area contributed by atoms with Crippen LogP contribution in [0.3, 0.4) is 0 Å². The molecule has 1 fully saturated rings. The van der Waals surface area contributed by atoms with Gasteiger partial charge in [-0.1, -0.05) is 11.6 Å². The number of hydrogen-bond acceptors (Lipinski definition) is 5. The van der Waals surface area contributed by atoms with Gasteiger partial charge < -0.3 is 4.74 Å². The van der Waals surface area contributed by atoms with Crippen LogP contribution in [0.1, 0.15) is 5.69 Å². The van der Waals surface area contributed by atoms with Crippen molar-refractivity contribution in [3.05, 3.63) is 22.3 Å². The SMILES string of the molecule is Cn1nc(-c2nccs2)c(Cl)c1CN1CCOCC1. The summed E-state index contributed by atoms with van der Waals surface area (Å²) >= 11 is 8.02. The van der Waals surface area contributed by atoms with Gasteiger partial charge in [0, 0.05) is 38.3 Å². The fraction of sp³-hybridized carbons (Fsp3) is 0.500. The zero-order valence-electron chi connectivity index (χ0n) is 10.7. The van der Waals surface area contributed by atoms with Gasteiger partial charge in [-0.05, 0) is 0 Å². The van der Waals surface area contributed by atoms with Gasteiger partial charge in [0.15, 0.2) is 0 Å². The van der Waals surface area contributed by atoms with Crippen LogP contribution in [-0.2, 0) is 18.3 Å². The number of hydrogen-bond donors (Lipinski definition) is 0. The molecule has 0 spiro atoms. The van der Waals surface area contributed by atoms with Crippen molar-refractivity contribution in [1.82, 2.24) is 19.7 Å². The first-order valence-electron chi connectivity index (χ1n) is 6.17. The smallest absolute Gasteiger partial charge is 0.145 e. The largest absolute Gasteiger partial charge is 0.379 e. The topological polar surface area (TPSA) is 43.2 Å². The van der Waals surface area contributed by atoms with Crippen LogP contribution in [0.2, 0.25) is 5.02 Å². The summed E-state index contributed by atoms with van der Waals surface area (Å²) in [6.45, 7) is 4.25. The highest BCUT2D eigenvalue weighted by atomic mass is 35.5. The van der Waals surface area contributed by atoms with Gasteiger partial charge in [0.1, 0.15) is 10.7 Å². The molecule has 0 amide bonds. The average Bonchev–Trinajstić information content (AvgIpc) is 3.03. The van der Waals surface area contributed by atoms with Crippen LogP contribution in [0.5, 0.6) is 0 Å². The molecule has 0 aromatic carbocycles. The summed E-state index contributed by atoms with van der Waals surface area (Å²) < 4.78 is 7.21. The van der Waals surface area contributed by atoms with Crippen molar-refractivity contribution in [3.8, 4) is 10.7 Å². The number of rotatable bonds is 3. The Morgan fingerprint density at radius 3 is 2.89 bits per heavy atom. The Kier molecular flexibility index (Phi) is 3.83. The molecule has 0 aliphatic carbocycles. The number of aromatic nitrogens is 3. The molecule has 2 aromatic heterocycles. The number of morpholine rings is 1. The Hall–Kier alpha value is -0.950. The van der Waals surface area contributed by atoms with E-state index < -0.39 is 0 Å². The standard InChI is InChI=1S/C12H15ClN4OS/c1-16-9(8-17-3-5-18-6-4-17)10(13)11(15-16)12-14-2-7-19-12/h2,7H,3-6,8H2,1H3. The summed E-state index contributed by atoms with van der Waals surface area (Å²) in [5, 5.41) is 8.01. The van der Waals surface area contributed by atoms with Gasteiger partial charge in [-0.3, -0.25) is 9.58 Å². The molecule has 0 unspecified atom stereocenters. The van der Waals surface area contributed by atoms with Crippen molar-refractivity contribution >= 4 is 22.9 Å². The van der Waals surface area contributed by atoms with Gasteiger partial charge in [-0.2, -0.15) is 5.10 Å². The van der Waals surface area contributed by atoms with Crippen molar-refractivity contribution < 1.29 is 4.74 Å². The van der Waals surface area contributed by atoms with Crippen molar-refractivity contribution in [2.24, 2.45) is 7.05 Å². The molecule has 0 atom stereocenters. The van der Waals surface area contributed by atoms with E-state index in [1.54, 1.807) is 17.5 Å². The molecule has 7 heteroatoms. The lowest BCUT2D eigenvalue weighted by atomic mass is 10.3. The van der Waals surface area contributed by atoms with Crippen LogP contribution in [0.4, 0.5) is 0 Å². The lowest BCUT2D eigenvalue weighted by Crippen LogP contribution is -2.36. The summed E-state index contributed by atoms with van der Waals surface area (Å²) in [6.07, 6.45) is 1.77. The first kappa shape index (κ1) is 13.1. The summed E-state index contributed by atoms with van der Waals surface area (Å²) in [7, 11) is 1.93. The minimum Gasteiger partial charge on any atom is -0.379 e. The number of thiazole rings is 1. The van der Waals surface area contributed by atoms with E-state index in [2.05, 4.69) is 15.0 Å². The van der Waals surface area contributed by atoms with Gasteiger partial charge in [0.2, 0.25) is 0 Å². The van der Waals surface area contributed by atoms with E-state index in [1.165, 1.54) is 0 Å². The quantitative estimate of drug-likeness (QED) is 0.870. The summed E-state index contributed by atoms with van der Waals surface area (Å²) in [4.78, 5) is 6.60. The number of halogens is 1. The normalized spacial score (nSPS) is 16.9. The maximum Gasteiger partial charge on any atom is 0.145 e. The highest BCUT2D eigenvalue weighted by Gasteiger charge is 2.20. The Bertz CT molecular complexity index is 548. The lowest BCUT2D eigenvalue weighted by Gasteiger charge is -2.26. The van der Waals surface area contributed by atoms with Crippen LogP contribution in [0, 0.1) is 0 Å². The Balaban J connectivity index is 1.85. The van der Waals surface area contributed by atoms with Crippen molar-refractivity contribution in [2.75, 3.05) is 26.3 Å². The molecule has 3 heterocycles. The van der Waals surface area contributed by atoms with E-state index >= 15 is 0 Å². The van der Waals surface area contributed by atoms with Crippen LogP contribution in [0.25, 0.3) is 10.7 Å². The number of ether oxygens (including phenoxy) is 1. The molecule has 1 aliphatic heterocycles. The fourth-order valence-electron chi connectivity index (χ4n) is 2.15. The minimum atomic E-state index is 0.712. The molecule has 0 radical (unpaired) electrons. The molecule has 3 rings (SSSR count). The van der Waals surface area contributed by atoms with Crippen LogP contribution in [-0.4, -0.2) is 46.0 Å². The molecule has 0 saturated carbocycles. The van der Waals surface area contributed by atoms with Gasteiger partial charge >= 0.3 is 0 Å². The average molecular weight is 299 g/mol. The molecule has 19 heavy (non-hydrogen) atoms. The van der Waals surface area contributed by atoms with E-state index in [0.717, 1.165) is 49.2 Å². The Morgan fingerprint density at radius 1 is 1.42 bits per heavy atom. The van der Waals surface area contributed by atoms with Crippen LogP contribution < -0.4 is 0 Å². The van der Waals surface area contributed by atoms with Gasteiger partial charge in [0.05, 0.1) is 23.9 Å². The molecule has 1 aliphatic rings. The molecule has 5 nitrogen and oxygen atoms in total. The number of aryl methyl sites for hydroxylation is 1. The number of nitrogens with zero attached hydrogens (tertiary/aromatic N) is 4. The predicted molar refractivity (Wildman–Crippen MR) is 75.4 cm³/mol. The molecular weight excluding hydrogens is 284 g/mol. The first-order chi connectivity index (χ1) is 9.25. The Labute approximate surface area is 120 Å². The third-order valence-corrected chi connectivity index (χ3v) is 4.39. The van der Waals surface area contributed by atoms with Crippen LogP contribution in [0.15, 0.2) is 11.6 Å². The minimum absolute atomic E-state index is 0.712. The van der Waals surface area contributed by atoms with E-state index in [4.69, 9.17) is 16.3 Å². The second-order valence-corrected chi connectivity index (χ2v) is 5.73. The molecule has 0 N–H and O–H groups in total. The maximum absolute atomic E-state index is 6.47. The molecular formula is C12H15ClN4OS. The van der Waals surface area contributed by atoms with E-state index in [9.17, 15) is 0 Å². The van der Waals surface area contributed by atoms with E-state index in [1.807, 2.05) is 17.1 Å². The first-order valence-corrected chi connectivity index (χ1v) is 7.43. The third kappa shape index (κ3) is 2.67. The van der Waals surface area contributed by atoms with E-state index in [0.29, 0.717) is 5.02 Å². The third-order valence-electron chi connectivity index (χ3n) is 3.21. The van der Waals surface area contributed by atoms with Gasteiger partial charge in [-0.15, -0.1) is 11.3 Å². The summed E-state index contributed by atoms with van der Waals surface area (Å²) in [5.41, 5.74) is 1.82. The van der Waals surface area contributed by atoms with Crippen molar-refractivity contribution in [3.63, 3.8) is 0 Å². The summed E-state index contributed by atoms with van der Waals surface area (Å²) in [6, 6.07) is 0. The second kappa shape index (κ2) is 5.58. The maximum atomic E-state index is 6.47. The van der Waals surface area contributed by atoms with Crippen molar-refractivity contribution in [1.29, 1.82) is 0 Å². The molecule has 0 bridgehead atoms. The fourth-order valence-corrected chi connectivity index (χ4v) is 3.15. The second-order valence-electron chi connectivity index (χ2n) is 4.46. The Morgan fingerprint density at radius 2 is 2.21 bits per heavy atom. The monoisotopic (exact) mass is 298 g/mol. The lowest BCUT2D eigenvalue weighted by molar-refractivity contribution is 0.0331. The highest BCUT2D eigenvalue weighted by molar-refractivity contribution is 7.13. The van der Waals surface area contributed by atoms with E-state index in [-0.39, 0.29) is 0 Å². The van der Waals surface area contributed by atoms with Crippen molar-refractivity contribution in [2.45, 2.75) is 6.54 Å². The molecule has 102 valence electrons. The summed E-state index contributed by atoms with van der Waals surface area (Å²) in [5.74, 6) is 0. The van der Waals surface area contributed by atoms with Crippen LogP contribution >= 0.6 is 22.9 Å². The zero-order chi connectivity index (χ0) is 13.2. The van der Waals surface area contributed by atoms with Gasteiger partial charge in [-0.25, -0.2) is 4.98 Å². The molecule has 1 saturated heterocycles. The van der Waals surface area contributed by atoms with Gasteiger partial charge in [0.25, 0.3) is 0 Å². The molecule has 2 aromatic rings.